The third-order valence-corrected chi connectivity index (χ3v) is 4.87. The lowest BCUT2D eigenvalue weighted by atomic mass is 9.89. The van der Waals surface area contributed by atoms with Crippen LogP contribution in [0, 0.1) is 0 Å². The van der Waals surface area contributed by atoms with Crippen molar-refractivity contribution in [3.8, 4) is 23.0 Å². The predicted molar refractivity (Wildman–Crippen MR) is 101 cm³/mol. The minimum absolute atomic E-state index is 0.203. The highest BCUT2D eigenvalue weighted by Gasteiger charge is 2.28. The molecule has 1 aliphatic carbocycles. The highest BCUT2D eigenvalue weighted by atomic mass is 16.3. The molecule has 2 aromatic rings. The van der Waals surface area contributed by atoms with E-state index in [0.29, 0.717) is 12.8 Å². The Balaban J connectivity index is 1.69. The molecule has 1 aliphatic rings. The molecule has 0 radical (unpaired) electrons. The number of carbonyl (C=O) groups is 2. The fraction of sp³-hybridized carbons (Fsp3) is 0.300. The summed E-state index contributed by atoms with van der Waals surface area (Å²) in [6, 6.07) is 7.04. The number of phenolic OH excluding ortho intramolecular Hbond substituents is 4. The van der Waals surface area contributed by atoms with E-state index in [1.165, 1.54) is 36.4 Å². The first-order valence-electron chi connectivity index (χ1n) is 9.01. The van der Waals surface area contributed by atoms with Crippen LogP contribution in [0.15, 0.2) is 36.4 Å². The van der Waals surface area contributed by atoms with Crippen LogP contribution >= 0.6 is 0 Å². The first kappa shape index (κ1) is 19.3. The van der Waals surface area contributed by atoms with Gasteiger partial charge in [-0.05, 0) is 49.2 Å². The van der Waals surface area contributed by atoms with Crippen molar-refractivity contribution in [2.75, 3.05) is 0 Å². The molecular formula is C20H22N2O6. The molecular weight excluding hydrogens is 364 g/mol. The zero-order valence-corrected chi connectivity index (χ0v) is 15.1. The number of rotatable bonds is 4. The molecule has 6 N–H and O–H groups in total. The van der Waals surface area contributed by atoms with Crippen LogP contribution in [0.4, 0.5) is 0 Å². The van der Waals surface area contributed by atoms with Gasteiger partial charge in [0.05, 0.1) is 0 Å². The monoisotopic (exact) mass is 386 g/mol. The summed E-state index contributed by atoms with van der Waals surface area (Å²) >= 11 is 0. The van der Waals surface area contributed by atoms with Gasteiger partial charge < -0.3 is 31.1 Å². The minimum Gasteiger partial charge on any atom is -0.504 e. The molecule has 1 unspecified atom stereocenters. The van der Waals surface area contributed by atoms with Crippen molar-refractivity contribution in [1.82, 2.24) is 10.6 Å². The summed E-state index contributed by atoms with van der Waals surface area (Å²) in [6.07, 6.45) is 3.17. The average Bonchev–Trinajstić information content (AvgIpc) is 2.67. The van der Waals surface area contributed by atoms with Gasteiger partial charge in [0.15, 0.2) is 23.0 Å². The number of carbonyl (C=O) groups excluding carboxylic acids is 2. The fourth-order valence-electron chi connectivity index (χ4n) is 3.31. The quantitative estimate of drug-likeness (QED) is 0.444. The molecule has 2 amide bonds. The van der Waals surface area contributed by atoms with Gasteiger partial charge in [-0.3, -0.25) is 9.59 Å². The Bertz CT molecular complexity index is 825. The molecule has 0 heterocycles. The van der Waals surface area contributed by atoms with Crippen LogP contribution in [0.25, 0.3) is 0 Å². The molecule has 1 saturated carbocycles. The maximum atomic E-state index is 12.5. The standard InChI is InChI=1S/C20H22N2O6/c23-15-7-5-11(9-17(15)25)19(27)21-13-3-1-2-4-14(13)22-20(28)12-6-8-16(24)18(26)10-12/h5-10,13-14,23-26H,1-4H2,(H,21,27)(H,22,28)/t13-,14?/m1/s1. The van der Waals surface area contributed by atoms with Crippen LogP contribution in [0.3, 0.4) is 0 Å². The minimum atomic E-state index is -0.413. The number of amides is 2. The van der Waals surface area contributed by atoms with Crippen molar-refractivity contribution in [2.24, 2.45) is 0 Å². The smallest absolute Gasteiger partial charge is 0.251 e. The van der Waals surface area contributed by atoms with Crippen molar-refractivity contribution in [2.45, 2.75) is 37.8 Å². The molecule has 0 saturated heterocycles. The molecule has 8 heteroatoms. The van der Waals surface area contributed by atoms with Gasteiger partial charge >= 0.3 is 0 Å². The van der Waals surface area contributed by atoms with E-state index in [-0.39, 0.29) is 46.2 Å². The summed E-state index contributed by atoms with van der Waals surface area (Å²) in [5.41, 5.74) is 0.406. The van der Waals surface area contributed by atoms with E-state index in [1.54, 1.807) is 0 Å². The Morgan fingerprint density at radius 1 is 0.679 bits per heavy atom. The first-order chi connectivity index (χ1) is 13.3. The Morgan fingerprint density at radius 2 is 1.07 bits per heavy atom. The van der Waals surface area contributed by atoms with Crippen LogP contribution in [-0.2, 0) is 0 Å². The Kier molecular flexibility index (Phi) is 5.58. The van der Waals surface area contributed by atoms with Crippen molar-refractivity contribution in [3.05, 3.63) is 47.5 Å². The third kappa shape index (κ3) is 4.28. The van der Waals surface area contributed by atoms with E-state index in [9.17, 15) is 30.0 Å². The molecule has 0 spiro atoms. The number of aromatic hydroxyl groups is 4. The highest BCUT2D eigenvalue weighted by molar-refractivity contribution is 5.96. The van der Waals surface area contributed by atoms with Crippen molar-refractivity contribution >= 4 is 11.8 Å². The van der Waals surface area contributed by atoms with Crippen LogP contribution in [-0.4, -0.2) is 44.3 Å². The molecule has 28 heavy (non-hydrogen) atoms. The molecule has 0 bridgehead atoms. The Labute approximate surface area is 161 Å². The van der Waals surface area contributed by atoms with Gasteiger partial charge in [-0.2, -0.15) is 0 Å². The lowest BCUT2D eigenvalue weighted by Crippen LogP contribution is -2.53. The lowest BCUT2D eigenvalue weighted by molar-refractivity contribution is 0.0862. The van der Waals surface area contributed by atoms with Gasteiger partial charge in [0, 0.05) is 23.2 Å². The Morgan fingerprint density at radius 3 is 1.43 bits per heavy atom. The first-order valence-corrected chi connectivity index (χ1v) is 9.01. The zero-order chi connectivity index (χ0) is 20.3. The van der Waals surface area contributed by atoms with Gasteiger partial charge in [-0.15, -0.1) is 0 Å². The maximum absolute atomic E-state index is 12.5. The van der Waals surface area contributed by atoms with Crippen LogP contribution in [0.5, 0.6) is 23.0 Å². The van der Waals surface area contributed by atoms with Gasteiger partial charge in [0.25, 0.3) is 11.8 Å². The number of phenols is 4. The highest BCUT2D eigenvalue weighted by Crippen LogP contribution is 2.27. The fourth-order valence-corrected chi connectivity index (χ4v) is 3.31. The average molecular weight is 386 g/mol. The van der Waals surface area contributed by atoms with Crippen molar-refractivity contribution in [1.29, 1.82) is 0 Å². The zero-order valence-electron chi connectivity index (χ0n) is 15.1. The van der Waals surface area contributed by atoms with Gasteiger partial charge in [0.2, 0.25) is 0 Å². The summed E-state index contributed by atoms with van der Waals surface area (Å²) in [5, 5.41) is 43.6. The molecule has 2 aromatic carbocycles. The molecule has 8 nitrogen and oxygen atoms in total. The molecule has 1 fully saturated rings. The molecule has 3 rings (SSSR count). The summed E-state index contributed by atoms with van der Waals surface area (Å²) in [7, 11) is 0. The largest absolute Gasteiger partial charge is 0.504 e. The van der Waals surface area contributed by atoms with Crippen LogP contribution < -0.4 is 10.6 Å². The number of benzene rings is 2. The number of hydrogen-bond acceptors (Lipinski definition) is 6. The summed E-state index contributed by atoms with van der Waals surface area (Å²) in [4.78, 5) is 25.0. The van der Waals surface area contributed by atoms with Crippen molar-refractivity contribution < 1.29 is 30.0 Å². The number of nitrogens with one attached hydrogen (secondary N) is 2. The van der Waals surface area contributed by atoms with E-state index < -0.39 is 11.8 Å². The second kappa shape index (κ2) is 8.08. The van der Waals surface area contributed by atoms with Crippen LogP contribution in [0.2, 0.25) is 0 Å². The molecule has 2 atom stereocenters. The van der Waals surface area contributed by atoms with E-state index in [0.717, 1.165) is 12.8 Å². The van der Waals surface area contributed by atoms with E-state index in [2.05, 4.69) is 10.6 Å². The second-order valence-corrected chi connectivity index (χ2v) is 6.85. The van der Waals surface area contributed by atoms with Gasteiger partial charge in [-0.25, -0.2) is 0 Å². The number of hydrogen-bond donors (Lipinski definition) is 6. The molecule has 148 valence electrons. The summed E-state index contributed by atoms with van der Waals surface area (Å²) in [5.74, 6) is -2.21. The predicted octanol–water partition coefficient (Wildman–Crippen LogP) is 1.98. The van der Waals surface area contributed by atoms with Crippen molar-refractivity contribution in [3.63, 3.8) is 0 Å². The maximum Gasteiger partial charge on any atom is 0.251 e. The van der Waals surface area contributed by atoms with E-state index in [1.807, 2.05) is 0 Å². The van der Waals surface area contributed by atoms with Gasteiger partial charge in [0.1, 0.15) is 0 Å². The molecule has 0 aliphatic heterocycles. The van der Waals surface area contributed by atoms with Crippen LogP contribution in [0.1, 0.15) is 46.4 Å². The second-order valence-electron chi connectivity index (χ2n) is 6.85. The lowest BCUT2D eigenvalue weighted by Gasteiger charge is -2.33. The van der Waals surface area contributed by atoms with E-state index >= 15 is 0 Å². The summed E-state index contributed by atoms with van der Waals surface area (Å²) < 4.78 is 0. The third-order valence-electron chi connectivity index (χ3n) is 4.87. The SMILES string of the molecule is O=C(NC1CCCC[C@H]1NC(=O)c1ccc(O)c(O)c1)c1ccc(O)c(O)c1. The molecule has 0 aromatic heterocycles. The Hall–Kier alpha value is -3.42. The van der Waals surface area contributed by atoms with E-state index in [4.69, 9.17) is 0 Å². The van der Waals surface area contributed by atoms with Gasteiger partial charge in [-0.1, -0.05) is 12.8 Å². The topological polar surface area (TPSA) is 139 Å². The normalized spacial score (nSPS) is 19.0. The summed E-state index contributed by atoms with van der Waals surface area (Å²) in [6.45, 7) is 0.